The maximum atomic E-state index is 3.45. The zero-order valence-electron chi connectivity index (χ0n) is 10.7. The molecule has 0 amide bonds. The van der Waals surface area contributed by atoms with Crippen molar-refractivity contribution in [1.82, 2.24) is 15.2 Å². The number of likely N-dealkylation sites (N-methyl/N-ethyl adjacent to an activating group) is 1. The Bertz CT molecular complexity index is 428. The lowest BCUT2D eigenvalue weighted by Gasteiger charge is -2.13. The third-order valence-corrected chi connectivity index (χ3v) is 3.11. The van der Waals surface area contributed by atoms with Crippen LogP contribution in [-0.4, -0.2) is 36.6 Å². The number of nitrogens with one attached hydrogen (secondary N) is 2. The molecule has 3 heteroatoms. The van der Waals surface area contributed by atoms with Crippen molar-refractivity contribution in [2.45, 2.75) is 13.5 Å². The minimum absolute atomic E-state index is 0.909. The predicted octanol–water partition coefficient (Wildman–Crippen LogP) is 2.21. The number of benzene rings is 1. The number of H-pyrrole nitrogens is 1. The number of rotatable bonds is 6. The van der Waals surface area contributed by atoms with Gasteiger partial charge in [0.05, 0.1) is 0 Å². The first-order valence-electron chi connectivity index (χ1n) is 6.25. The van der Waals surface area contributed by atoms with Gasteiger partial charge in [-0.05, 0) is 31.1 Å². The second kappa shape index (κ2) is 5.84. The summed E-state index contributed by atoms with van der Waals surface area (Å²) in [6.07, 6.45) is 0. The smallest absolute Gasteiger partial charge is 0.0456 e. The van der Waals surface area contributed by atoms with Gasteiger partial charge in [-0.3, -0.25) is 0 Å². The molecule has 92 valence electrons. The Morgan fingerprint density at radius 3 is 2.88 bits per heavy atom. The number of fused-ring (bicyclic) bond motifs is 1. The van der Waals surface area contributed by atoms with Crippen molar-refractivity contribution in [3.05, 3.63) is 36.0 Å². The number of hydrogen-bond acceptors (Lipinski definition) is 2. The topological polar surface area (TPSA) is 31.1 Å². The second-order valence-corrected chi connectivity index (χ2v) is 4.45. The fourth-order valence-corrected chi connectivity index (χ4v) is 1.88. The molecular formula is C14H21N3. The van der Waals surface area contributed by atoms with Crippen molar-refractivity contribution in [1.29, 1.82) is 0 Å². The first-order chi connectivity index (χ1) is 8.29. The normalized spacial score (nSPS) is 11.5. The number of nitrogens with zero attached hydrogens (tertiary/aromatic N) is 1. The first kappa shape index (κ1) is 12.1. The summed E-state index contributed by atoms with van der Waals surface area (Å²) < 4.78 is 0. The minimum atomic E-state index is 0.909. The van der Waals surface area contributed by atoms with Crippen molar-refractivity contribution in [2.75, 3.05) is 26.7 Å². The van der Waals surface area contributed by atoms with Crippen LogP contribution >= 0.6 is 0 Å². The molecule has 0 aliphatic heterocycles. The summed E-state index contributed by atoms with van der Waals surface area (Å²) in [6.45, 7) is 6.31. The molecule has 1 heterocycles. The maximum Gasteiger partial charge on any atom is 0.0456 e. The van der Waals surface area contributed by atoms with Crippen LogP contribution in [0.25, 0.3) is 10.9 Å². The van der Waals surface area contributed by atoms with Gasteiger partial charge in [-0.2, -0.15) is 0 Å². The van der Waals surface area contributed by atoms with E-state index in [1.54, 1.807) is 0 Å². The number of para-hydroxylation sites is 1. The third-order valence-electron chi connectivity index (χ3n) is 3.11. The molecule has 0 saturated heterocycles. The predicted molar refractivity (Wildman–Crippen MR) is 73.2 cm³/mol. The number of aromatic nitrogens is 1. The maximum absolute atomic E-state index is 3.45. The van der Waals surface area contributed by atoms with Gasteiger partial charge in [-0.1, -0.05) is 25.1 Å². The van der Waals surface area contributed by atoms with Crippen molar-refractivity contribution in [3.8, 4) is 0 Å². The van der Waals surface area contributed by atoms with Crippen LogP contribution in [0.3, 0.4) is 0 Å². The number of aromatic amines is 1. The fourth-order valence-electron chi connectivity index (χ4n) is 1.88. The van der Waals surface area contributed by atoms with Crippen LogP contribution < -0.4 is 5.32 Å². The van der Waals surface area contributed by atoms with Crippen LogP contribution in [0.4, 0.5) is 0 Å². The summed E-state index contributed by atoms with van der Waals surface area (Å²) in [7, 11) is 2.14. The lowest BCUT2D eigenvalue weighted by molar-refractivity contribution is 0.348. The Kier molecular flexibility index (Phi) is 4.18. The second-order valence-electron chi connectivity index (χ2n) is 4.45. The molecule has 0 aliphatic rings. The highest BCUT2D eigenvalue weighted by atomic mass is 15.1. The van der Waals surface area contributed by atoms with Gasteiger partial charge < -0.3 is 15.2 Å². The van der Waals surface area contributed by atoms with E-state index >= 15 is 0 Å². The standard InChI is InChI=1S/C14H21N3/c1-3-17(2)9-8-15-11-13-10-12-6-4-5-7-14(12)16-13/h4-7,10,15-16H,3,8-9,11H2,1-2H3. The highest BCUT2D eigenvalue weighted by Gasteiger charge is 1.99. The largest absolute Gasteiger partial charge is 0.357 e. The zero-order chi connectivity index (χ0) is 12.1. The summed E-state index contributed by atoms with van der Waals surface area (Å²) in [5.74, 6) is 0. The molecule has 0 unspecified atom stereocenters. The van der Waals surface area contributed by atoms with E-state index in [1.807, 2.05) is 0 Å². The molecule has 2 N–H and O–H groups in total. The van der Waals surface area contributed by atoms with E-state index in [0.29, 0.717) is 0 Å². The molecule has 0 bridgehead atoms. The molecule has 1 aromatic heterocycles. The molecule has 0 saturated carbocycles. The molecule has 2 rings (SSSR count). The lowest BCUT2D eigenvalue weighted by atomic mass is 10.2. The van der Waals surface area contributed by atoms with E-state index in [1.165, 1.54) is 16.6 Å². The van der Waals surface area contributed by atoms with Gasteiger partial charge in [-0.25, -0.2) is 0 Å². The summed E-state index contributed by atoms with van der Waals surface area (Å²) in [5.41, 5.74) is 2.47. The molecule has 0 radical (unpaired) electrons. The summed E-state index contributed by atoms with van der Waals surface area (Å²) in [5, 5.41) is 4.74. The molecule has 0 atom stereocenters. The molecule has 2 aromatic rings. The Labute approximate surface area is 103 Å². The van der Waals surface area contributed by atoms with Crippen molar-refractivity contribution >= 4 is 10.9 Å². The third kappa shape index (κ3) is 3.32. The molecule has 0 spiro atoms. The van der Waals surface area contributed by atoms with Gasteiger partial charge in [0, 0.05) is 30.8 Å². The van der Waals surface area contributed by atoms with E-state index in [-0.39, 0.29) is 0 Å². The van der Waals surface area contributed by atoms with Gasteiger partial charge in [0.15, 0.2) is 0 Å². The average molecular weight is 231 g/mol. The first-order valence-corrected chi connectivity index (χ1v) is 6.25. The average Bonchev–Trinajstić information content (AvgIpc) is 2.76. The van der Waals surface area contributed by atoms with Gasteiger partial charge in [0.1, 0.15) is 0 Å². The molecule has 17 heavy (non-hydrogen) atoms. The summed E-state index contributed by atoms with van der Waals surface area (Å²) in [4.78, 5) is 5.73. The molecule has 0 fully saturated rings. The minimum Gasteiger partial charge on any atom is -0.357 e. The van der Waals surface area contributed by atoms with Crippen LogP contribution in [0.2, 0.25) is 0 Å². The van der Waals surface area contributed by atoms with Crippen LogP contribution in [0.15, 0.2) is 30.3 Å². The highest BCUT2D eigenvalue weighted by molar-refractivity contribution is 5.80. The zero-order valence-corrected chi connectivity index (χ0v) is 10.7. The van der Waals surface area contributed by atoms with Crippen LogP contribution in [0.5, 0.6) is 0 Å². The van der Waals surface area contributed by atoms with Crippen molar-refractivity contribution < 1.29 is 0 Å². The van der Waals surface area contributed by atoms with Gasteiger partial charge in [0.2, 0.25) is 0 Å². The Morgan fingerprint density at radius 2 is 2.12 bits per heavy atom. The van der Waals surface area contributed by atoms with Crippen LogP contribution in [0, 0.1) is 0 Å². The van der Waals surface area contributed by atoms with Crippen molar-refractivity contribution in [2.24, 2.45) is 0 Å². The van der Waals surface area contributed by atoms with E-state index < -0.39 is 0 Å². The highest BCUT2D eigenvalue weighted by Crippen LogP contribution is 2.14. The van der Waals surface area contributed by atoms with Gasteiger partial charge in [-0.15, -0.1) is 0 Å². The Balaban J connectivity index is 1.83. The Hall–Kier alpha value is -1.32. The van der Waals surface area contributed by atoms with Crippen LogP contribution in [0.1, 0.15) is 12.6 Å². The monoisotopic (exact) mass is 231 g/mol. The Morgan fingerprint density at radius 1 is 1.29 bits per heavy atom. The molecule has 0 aliphatic carbocycles. The van der Waals surface area contributed by atoms with E-state index in [0.717, 1.165) is 26.2 Å². The lowest BCUT2D eigenvalue weighted by Crippen LogP contribution is -2.28. The molecule has 3 nitrogen and oxygen atoms in total. The number of hydrogen-bond donors (Lipinski definition) is 2. The van der Waals surface area contributed by atoms with Gasteiger partial charge in [0.25, 0.3) is 0 Å². The summed E-state index contributed by atoms with van der Waals surface area (Å²) in [6, 6.07) is 10.6. The van der Waals surface area contributed by atoms with Crippen LogP contribution in [-0.2, 0) is 6.54 Å². The van der Waals surface area contributed by atoms with Gasteiger partial charge >= 0.3 is 0 Å². The fraction of sp³-hybridized carbons (Fsp3) is 0.429. The van der Waals surface area contributed by atoms with E-state index in [9.17, 15) is 0 Å². The molecular weight excluding hydrogens is 210 g/mol. The van der Waals surface area contributed by atoms with E-state index in [2.05, 4.69) is 59.5 Å². The van der Waals surface area contributed by atoms with Crippen molar-refractivity contribution in [3.63, 3.8) is 0 Å². The molecule has 1 aromatic carbocycles. The quantitative estimate of drug-likeness (QED) is 0.747. The van der Waals surface area contributed by atoms with E-state index in [4.69, 9.17) is 0 Å². The summed E-state index contributed by atoms with van der Waals surface area (Å²) >= 11 is 0. The SMILES string of the molecule is CCN(C)CCNCc1cc2ccccc2[nH]1.